The van der Waals surface area contributed by atoms with Crippen LogP contribution in [0, 0.1) is 0 Å². The zero-order chi connectivity index (χ0) is 14.5. The van der Waals surface area contributed by atoms with Crippen LogP contribution in [0.25, 0.3) is 0 Å². The van der Waals surface area contributed by atoms with E-state index in [1.165, 1.54) is 19.2 Å². The molecule has 1 heterocycles. The molecule has 0 saturated carbocycles. The minimum atomic E-state index is -0.537. The Labute approximate surface area is 121 Å². The standard InChI is InChI=1S/C13H15ClN2O4/c1-19-13(18)9-3-2-8(14)6-10(9)16-12(17)11-7-20-5-4-15-11/h2-3,6,11,15H,4-5,7H2,1H3,(H,16,17). The van der Waals surface area contributed by atoms with Crippen molar-refractivity contribution in [3.63, 3.8) is 0 Å². The summed E-state index contributed by atoms with van der Waals surface area (Å²) in [4.78, 5) is 23.7. The van der Waals surface area contributed by atoms with Crippen LogP contribution in [0.3, 0.4) is 0 Å². The number of methoxy groups -OCH3 is 1. The molecular formula is C13H15ClN2O4. The monoisotopic (exact) mass is 298 g/mol. The van der Waals surface area contributed by atoms with Gasteiger partial charge in [-0.25, -0.2) is 4.79 Å². The Hall–Kier alpha value is -1.63. The third kappa shape index (κ3) is 3.47. The van der Waals surface area contributed by atoms with E-state index in [1.54, 1.807) is 6.07 Å². The number of carbonyl (C=O) groups is 2. The first-order valence-corrected chi connectivity index (χ1v) is 6.49. The topological polar surface area (TPSA) is 76.7 Å². The number of morpholine rings is 1. The number of halogens is 1. The lowest BCUT2D eigenvalue weighted by Crippen LogP contribution is -2.49. The van der Waals surface area contributed by atoms with Crippen molar-refractivity contribution >= 4 is 29.2 Å². The number of amides is 1. The fraction of sp³-hybridized carbons (Fsp3) is 0.385. The molecule has 2 N–H and O–H groups in total. The molecule has 1 amide bonds. The average molecular weight is 299 g/mol. The lowest BCUT2D eigenvalue weighted by Gasteiger charge is -2.23. The third-order valence-corrected chi connectivity index (χ3v) is 3.12. The van der Waals surface area contributed by atoms with Gasteiger partial charge in [0.2, 0.25) is 5.91 Å². The fourth-order valence-electron chi connectivity index (χ4n) is 1.86. The van der Waals surface area contributed by atoms with Crippen molar-refractivity contribution in [3.05, 3.63) is 28.8 Å². The van der Waals surface area contributed by atoms with E-state index in [9.17, 15) is 9.59 Å². The zero-order valence-corrected chi connectivity index (χ0v) is 11.7. The fourth-order valence-corrected chi connectivity index (χ4v) is 2.03. The zero-order valence-electron chi connectivity index (χ0n) is 10.9. The van der Waals surface area contributed by atoms with Crippen molar-refractivity contribution in [2.75, 3.05) is 32.2 Å². The van der Waals surface area contributed by atoms with Gasteiger partial charge in [-0.15, -0.1) is 0 Å². The molecule has 0 spiro atoms. The van der Waals surface area contributed by atoms with Crippen molar-refractivity contribution in [1.82, 2.24) is 5.32 Å². The molecule has 1 aliphatic rings. The molecule has 0 aliphatic carbocycles. The minimum Gasteiger partial charge on any atom is -0.465 e. The lowest BCUT2D eigenvalue weighted by atomic mass is 10.1. The number of nitrogens with one attached hydrogen (secondary N) is 2. The van der Waals surface area contributed by atoms with Crippen LogP contribution in [-0.4, -0.2) is 44.8 Å². The second-order valence-electron chi connectivity index (χ2n) is 4.25. The van der Waals surface area contributed by atoms with E-state index >= 15 is 0 Å². The number of hydrogen-bond acceptors (Lipinski definition) is 5. The lowest BCUT2D eigenvalue weighted by molar-refractivity contribution is -0.120. The first-order valence-electron chi connectivity index (χ1n) is 6.11. The van der Waals surface area contributed by atoms with Crippen LogP contribution in [0.1, 0.15) is 10.4 Å². The van der Waals surface area contributed by atoms with Crippen LogP contribution in [0.5, 0.6) is 0 Å². The Morgan fingerprint density at radius 2 is 2.30 bits per heavy atom. The predicted molar refractivity (Wildman–Crippen MR) is 74.0 cm³/mol. The second kappa shape index (κ2) is 6.69. The summed E-state index contributed by atoms with van der Waals surface area (Å²) in [6.45, 7) is 1.48. The van der Waals surface area contributed by atoms with E-state index < -0.39 is 12.0 Å². The predicted octanol–water partition coefficient (Wildman–Crippen LogP) is 1.05. The number of ether oxygens (including phenoxy) is 2. The van der Waals surface area contributed by atoms with Crippen molar-refractivity contribution < 1.29 is 19.1 Å². The van der Waals surface area contributed by atoms with Crippen molar-refractivity contribution in [2.24, 2.45) is 0 Å². The summed E-state index contributed by atoms with van der Waals surface area (Å²) in [5.74, 6) is -0.818. The molecule has 7 heteroatoms. The van der Waals surface area contributed by atoms with Gasteiger partial charge in [-0.2, -0.15) is 0 Å². The van der Waals surface area contributed by atoms with Crippen LogP contribution in [0.4, 0.5) is 5.69 Å². The van der Waals surface area contributed by atoms with Crippen molar-refractivity contribution in [1.29, 1.82) is 0 Å². The number of anilines is 1. The van der Waals surface area contributed by atoms with Crippen molar-refractivity contribution in [2.45, 2.75) is 6.04 Å². The molecule has 1 aliphatic heterocycles. The minimum absolute atomic E-state index is 0.252. The van der Waals surface area contributed by atoms with Gasteiger partial charge < -0.3 is 20.1 Å². The van der Waals surface area contributed by atoms with Crippen LogP contribution >= 0.6 is 11.6 Å². The summed E-state index contributed by atoms with van der Waals surface area (Å²) in [6.07, 6.45) is 0. The maximum absolute atomic E-state index is 12.1. The van der Waals surface area contributed by atoms with Gasteiger partial charge in [-0.3, -0.25) is 4.79 Å². The number of benzene rings is 1. The summed E-state index contributed by atoms with van der Waals surface area (Å²) in [6, 6.07) is 4.13. The summed E-state index contributed by atoms with van der Waals surface area (Å²) in [5.41, 5.74) is 0.573. The molecule has 1 unspecified atom stereocenters. The Kier molecular flexibility index (Phi) is 4.94. The SMILES string of the molecule is COC(=O)c1ccc(Cl)cc1NC(=O)C1COCCN1. The highest BCUT2D eigenvalue weighted by atomic mass is 35.5. The maximum Gasteiger partial charge on any atom is 0.339 e. The maximum atomic E-state index is 12.1. The van der Waals surface area contributed by atoms with Crippen molar-refractivity contribution in [3.8, 4) is 0 Å². The molecule has 1 atom stereocenters. The quantitative estimate of drug-likeness (QED) is 0.816. The Morgan fingerprint density at radius 3 is 2.95 bits per heavy atom. The molecule has 1 aromatic rings. The van der Waals surface area contributed by atoms with Crippen LogP contribution < -0.4 is 10.6 Å². The summed E-state index contributed by atoms with van der Waals surface area (Å²) in [7, 11) is 1.28. The highest BCUT2D eigenvalue weighted by molar-refractivity contribution is 6.31. The second-order valence-corrected chi connectivity index (χ2v) is 4.69. The summed E-state index contributed by atoms with van der Waals surface area (Å²) in [5, 5.41) is 6.12. The molecule has 0 aromatic heterocycles. The van der Waals surface area contributed by atoms with E-state index in [4.69, 9.17) is 16.3 Å². The smallest absolute Gasteiger partial charge is 0.339 e. The molecule has 108 valence electrons. The number of rotatable bonds is 3. The summed E-state index contributed by atoms with van der Waals surface area (Å²) < 4.78 is 9.89. The number of esters is 1. The normalized spacial score (nSPS) is 18.4. The molecular weight excluding hydrogens is 284 g/mol. The molecule has 1 fully saturated rings. The van der Waals surface area contributed by atoms with Crippen LogP contribution in [-0.2, 0) is 14.3 Å². The Balaban J connectivity index is 2.16. The van der Waals surface area contributed by atoms with Gasteiger partial charge in [0.1, 0.15) is 6.04 Å². The molecule has 20 heavy (non-hydrogen) atoms. The molecule has 1 aromatic carbocycles. The van der Waals surface area contributed by atoms with Gasteiger partial charge >= 0.3 is 5.97 Å². The Morgan fingerprint density at radius 1 is 1.50 bits per heavy atom. The van der Waals surface area contributed by atoms with E-state index in [0.717, 1.165) is 0 Å². The Bertz CT molecular complexity index is 515. The molecule has 2 rings (SSSR count). The average Bonchev–Trinajstić information content (AvgIpc) is 2.47. The van der Waals surface area contributed by atoms with Gasteiger partial charge in [-0.05, 0) is 18.2 Å². The van der Waals surface area contributed by atoms with Crippen LogP contribution in [0.15, 0.2) is 18.2 Å². The molecule has 6 nitrogen and oxygen atoms in total. The van der Waals surface area contributed by atoms with Gasteiger partial charge in [0, 0.05) is 11.6 Å². The van der Waals surface area contributed by atoms with Gasteiger partial charge in [-0.1, -0.05) is 11.6 Å². The largest absolute Gasteiger partial charge is 0.465 e. The van der Waals surface area contributed by atoms with E-state index in [1.807, 2.05) is 0 Å². The third-order valence-electron chi connectivity index (χ3n) is 2.88. The highest BCUT2D eigenvalue weighted by Crippen LogP contribution is 2.22. The van der Waals surface area contributed by atoms with Crippen LogP contribution in [0.2, 0.25) is 5.02 Å². The molecule has 1 saturated heterocycles. The summed E-state index contributed by atoms with van der Waals surface area (Å²) >= 11 is 5.89. The van der Waals surface area contributed by atoms with E-state index in [-0.39, 0.29) is 11.5 Å². The number of hydrogen-bond donors (Lipinski definition) is 2. The van der Waals surface area contributed by atoms with Gasteiger partial charge in [0.15, 0.2) is 0 Å². The van der Waals surface area contributed by atoms with Gasteiger partial charge in [0.25, 0.3) is 0 Å². The van der Waals surface area contributed by atoms with E-state index in [0.29, 0.717) is 30.5 Å². The highest BCUT2D eigenvalue weighted by Gasteiger charge is 2.23. The first-order chi connectivity index (χ1) is 9.61. The van der Waals surface area contributed by atoms with Gasteiger partial charge in [0.05, 0.1) is 31.6 Å². The first kappa shape index (κ1) is 14.8. The molecule has 0 radical (unpaired) electrons. The number of carbonyl (C=O) groups excluding carboxylic acids is 2. The molecule has 0 bridgehead atoms. The van der Waals surface area contributed by atoms with E-state index in [2.05, 4.69) is 15.4 Å².